The molecule has 2 N–H and O–H groups in total. The molecular weight excluding hydrogens is 401 g/mol. The molecule has 7 heteroatoms. The number of amides is 1. The second-order valence-corrected chi connectivity index (χ2v) is 7.96. The molecule has 0 aromatic heterocycles. The molecule has 166 valence electrons. The first-order valence-corrected chi connectivity index (χ1v) is 10.4. The van der Waals surface area contributed by atoms with Crippen LogP contribution in [0.15, 0.2) is 36.4 Å². The number of hydrogen-bond acceptors (Lipinski definition) is 4. The first-order chi connectivity index (χ1) is 14.8. The molecule has 3 rings (SSSR count). The summed E-state index contributed by atoms with van der Waals surface area (Å²) in [5.74, 6) is -0.951. The topological polar surface area (TPSA) is 84.9 Å². The van der Waals surface area contributed by atoms with Gasteiger partial charge in [-0.1, -0.05) is 19.4 Å². The number of hydrogen-bond donors (Lipinski definition) is 2. The van der Waals surface area contributed by atoms with Crippen molar-refractivity contribution in [2.24, 2.45) is 5.92 Å². The number of ether oxygens (including phenoxy) is 2. The minimum atomic E-state index is -1.27. The van der Waals surface area contributed by atoms with Crippen LogP contribution < -0.4 is 14.8 Å². The van der Waals surface area contributed by atoms with E-state index in [1.54, 1.807) is 24.3 Å². The first kappa shape index (κ1) is 22.6. The fourth-order valence-corrected chi connectivity index (χ4v) is 4.17. The van der Waals surface area contributed by atoms with E-state index in [1.165, 1.54) is 26.4 Å². The molecular formula is C24H28FNO5. The van der Waals surface area contributed by atoms with Crippen molar-refractivity contribution >= 4 is 11.9 Å². The SMILES string of the molecule is CC[C@H]1CC[C@@](NC(=O)c2ccc(OC)c(-c3ccc(OC)c(F)c3)c2)(C(=O)O)CC1. The van der Waals surface area contributed by atoms with Crippen LogP contribution in [0.5, 0.6) is 11.5 Å². The fourth-order valence-electron chi connectivity index (χ4n) is 4.17. The van der Waals surface area contributed by atoms with Gasteiger partial charge in [0.25, 0.3) is 5.91 Å². The van der Waals surface area contributed by atoms with Gasteiger partial charge in [-0.15, -0.1) is 0 Å². The zero-order valence-corrected chi connectivity index (χ0v) is 18.0. The van der Waals surface area contributed by atoms with Gasteiger partial charge in [0, 0.05) is 11.1 Å². The second-order valence-electron chi connectivity index (χ2n) is 7.96. The molecule has 0 aliphatic heterocycles. The quantitative estimate of drug-likeness (QED) is 0.669. The molecule has 0 radical (unpaired) electrons. The molecule has 1 saturated carbocycles. The third-order valence-electron chi connectivity index (χ3n) is 6.22. The Morgan fingerprint density at radius 3 is 2.29 bits per heavy atom. The van der Waals surface area contributed by atoms with Crippen molar-refractivity contribution in [3.05, 3.63) is 47.8 Å². The molecule has 0 unspecified atom stereocenters. The van der Waals surface area contributed by atoms with Gasteiger partial charge < -0.3 is 19.9 Å². The minimum Gasteiger partial charge on any atom is -0.496 e. The van der Waals surface area contributed by atoms with Crippen LogP contribution >= 0.6 is 0 Å². The Balaban J connectivity index is 1.90. The van der Waals surface area contributed by atoms with Gasteiger partial charge in [-0.2, -0.15) is 0 Å². The Morgan fingerprint density at radius 1 is 1.10 bits per heavy atom. The highest BCUT2D eigenvalue weighted by molar-refractivity contribution is 5.99. The molecule has 1 aliphatic rings. The first-order valence-electron chi connectivity index (χ1n) is 10.4. The van der Waals surface area contributed by atoms with Crippen molar-refractivity contribution < 1.29 is 28.6 Å². The lowest BCUT2D eigenvalue weighted by Crippen LogP contribution is -2.56. The molecule has 0 spiro atoms. The van der Waals surface area contributed by atoms with Gasteiger partial charge in [0.1, 0.15) is 11.3 Å². The van der Waals surface area contributed by atoms with E-state index in [1.807, 2.05) is 0 Å². The summed E-state index contributed by atoms with van der Waals surface area (Å²) in [5, 5.41) is 12.6. The van der Waals surface area contributed by atoms with Crippen LogP contribution in [0, 0.1) is 11.7 Å². The van der Waals surface area contributed by atoms with Crippen LogP contribution in [0.3, 0.4) is 0 Å². The summed E-state index contributed by atoms with van der Waals surface area (Å²) in [5.41, 5.74) is 0.0527. The minimum absolute atomic E-state index is 0.114. The smallest absolute Gasteiger partial charge is 0.329 e. The van der Waals surface area contributed by atoms with Crippen molar-refractivity contribution in [2.45, 2.75) is 44.6 Å². The number of carboxylic acid groups (broad SMARTS) is 1. The zero-order chi connectivity index (χ0) is 22.6. The lowest BCUT2D eigenvalue weighted by molar-refractivity contribution is -0.146. The molecule has 1 aliphatic carbocycles. The second kappa shape index (κ2) is 9.37. The van der Waals surface area contributed by atoms with E-state index >= 15 is 0 Å². The van der Waals surface area contributed by atoms with Crippen LogP contribution in [0.4, 0.5) is 4.39 Å². The Labute approximate surface area is 181 Å². The molecule has 31 heavy (non-hydrogen) atoms. The van der Waals surface area contributed by atoms with E-state index in [4.69, 9.17) is 9.47 Å². The molecule has 1 amide bonds. The molecule has 0 atom stereocenters. The molecule has 6 nitrogen and oxygen atoms in total. The van der Waals surface area contributed by atoms with Crippen LogP contribution in [0.1, 0.15) is 49.4 Å². The largest absolute Gasteiger partial charge is 0.496 e. The molecule has 0 saturated heterocycles. The van der Waals surface area contributed by atoms with E-state index < -0.39 is 23.2 Å². The normalized spacial score (nSPS) is 20.7. The van der Waals surface area contributed by atoms with Crippen molar-refractivity contribution in [3.8, 4) is 22.6 Å². The average Bonchev–Trinajstić information content (AvgIpc) is 2.78. The summed E-state index contributed by atoms with van der Waals surface area (Å²) >= 11 is 0. The predicted molar refractivity (Wildman–Crippen MR) is 115 cm³/mol. The Bertz CT molecular complexity index is 966. The number of aliphatic carboxylic acids is 1. The number of benzene rings is 2. The van der Waals surface area contributed by atoms with Gasteiger partial charge in [0.2, 0.25) is 0 Å². The number of methoxy groups -OCH3 is 2. The zero-order valence-electron chi connectivity index (χ0n) is 18.0. The van der Waals surface area contributed by atoms with Crippen molar-refractivity contribution in [3.63, 3.8) is 0 Å². The maximum absolute atomic E-state index is 14.2. The van der Waals surface area contributed by atoms with Crippen LogP contribution in [-0.4, -0.2) is 36.7 Å². The molecule has 0 bridgehead atoms. The van der Waals surface area contributed by atoms with E-state index in [-0.39, 0.29) is 11.3 Å². The third kappa shape index (κ3) is 4.65. The molecule has 0 heterocycles. The summed E-state index contributed by atoms with van der Waals surface area (Å²) in [7, 11) is 2.87. The van der Waals surface area contributed by atoms with E-state index in [0.717, 1.165) is 19.3 Å². The lowest BCUT2D eigenvalue weighted by atomic mass is 9.75. The number of halogens is 1. The van der Waals surface area contributed by atoms with Crippen LogP contribution in [-0.2, 0) is 4.79 Å². The van der Waals surface area contributed by atoms with Gasteiger partial charge in [-0.05, 0) is 67.5 Å². The standard InChI is InChI=1S/C24H28FNO5/c1-4-15-9-11-24(12-10-15,23(28)29)26-22(27)17-6-7-20(30-2)18(13-17)16-5-8-21(31-3)19(25)14-16/h5-8,13-15H,4,9-12H2,1-3H3,(H,26,27)(H,28,29)/t15-,24-. The highest BCUT2D eigenvalue weighted by Gasteiger charge is 2.43. The Kier molecular flexibility index (Phi) is 6.83. The maximum atomic E-state index is 14.2. The van der Waals surface area contributed by atoms with Gasteiger partial charge in [0.05, 0.1) is 14.2 Å². The fraction of sp³-hybridized carbons (Fsp3) is 0.417. The van der Waals surface area contributed by atoms with Crippen molar-refractivity contribution in [1.82, 2.24) is 5.32 Å². The summed E-state index contributed by atoms with van der Waals surface area (Å²) in [6.45, 7) is 2.10. The number of rotatable bonds is 7. The summed E-state index contributed by atoms with van der Waals surface area (Å²) in [6, 6.07) is 9.26. The third-order valence-corrected chi connectivity index (χ3v) is 6.22. The summed E-state index contributed by atoms with van der Waals surface area (Å²) in [4.78, 5) is 25.1. The Hall–Kier alpha value is -3.09. The number of carbonyl (C=O) groups is 2. The summed E-state index contributed by atoms with van der Waals surface area (Å²) < 4.78 is 24.6. The van der Waals surface area contributed by atoms with E-state index in [2.05, 4.69) is 12.2 Å². The molecule has 2 aromatic carbocycles. The monoisotopic (exact) mass is 429 g/mol. The van der Waals surface area contributed by atoms with Crippen LogP contribution in [0.25, 0.3) is 11.1 Å². The Morgan fingerprint density at radius 2 is 1.74 bits per heavy atom. The van der Waals surface area contributed by atoms with Gasteiger partial charge in [-0.25, -0.2) is 9.18 Å². The lowest BCUT2D eigenvalue weighted by Gasteiger charge is -2.37. The van der Waals surface area contributed by atoms with Crippen LogP contribution in [0.2, 0.25) is 0 Å². The molecule has 1 fully saturated rings. The highest BCUT2D eigenvalue weighted by Crippen LogP contribution is 2.36. The van der Waals surface area contributed by atoms with Gasteiger partial charge in [0.15, 0.2) is 11.6 Å². The van der Waals surface area contributed by atoms with E-state index in [9.17, 15) is 19.1 Å². The van der Waals surface area contributed by atoms with E-state index in [0.29, 0.717) is 35.6 Å². The maximum Gasteiger partial charge on any atom is 0.329 e. The van der Waals surface area contributed by atoms with Gasteiger partial charge in [-0.3, -0.25) is 4.79 Å². The molecule has 2 aromatic rings. The summed E-state index contributed by atoms with van der Waals surface area (Å²) in [6.07, 6.45) is 3.34. The number of nitrogens with one attached hydrogen (secondary N) is 1. The van der Waals surface area contributed by atoms with Gasteiger partial charge >= 0.3 is 5.97 Å². The predicted octanol–water partition coefficient (Wildman–Crippen LogP) is 4.66. The highest BCUT2D eigenvalue weighted by atomic mass is 19.1. The number of carbonyl (C=O) groups excluding carboxylic acids is 1. The van der Waals surface area contributed by atoms with Crippen molar-refractivity contribution in [1.29, 1.82) is 0 Å². The average molecular weight is 429 g/mol. The number of carboxylic acids is 1. The van der Waals surface area contributed by atoms with Crippen molar-refractivity contribution in [2.75, 3.05) is 14.2 Å².